The van der Waals surface area contributed by atoms with Crippen molar-refractivity contribution < 1.29 is 9.90 Å². The van der Waals surface area contributed by atoms with E-state index in [9.17, 15) is 9.90 Å². The van der Waals surface area contributed by atoms with E-state index in [1.54, 1.807) is 10.8 Å². The van der Waals surface area contributed by atoms with Crippen molar-refractivity contribution in [2.45, 2.75) is 58.1 Å². The fraction of sp³-hybridized carbons (Fsp3) is 0.625. The van der Waals surface area contributed by atoms with E-state index in [-0.39, 0.29) is 5.91 Å². The summed E-state index contributed by atoms with van der Waals surface area (Å²) in [6, 6.07) is 0. The third-order valence-electron chi connectivity index (χ3n) is 4.11. The molecular formula is C16H24ClN3O2. The number of aromatic nitrogens is 2. The van der Waals surface area contributed by atoms with E-state index in [0.29, 0.717) is 11.7 Å². The van der Waals surface area contributed by atoms with Crippen LogP contribution in [0.25, 0.3) is 6.08 Å². The van der Waals surface area contributed by atoms with Gasteiger partial charge in [0.05, 0.1) is 11.3 Å². The maximum Gasteiger partial charge on any atom is 0.244 e. The van der Waals surface area contributed by atoms with Crippen LogP contribution in [0.1, 0.15) is 50.3 Å². The van der Waals surface area contributed by atoms with Gasteiger partial charge in [-0.15, -0.1) is 0 Å². The summed E-state index contributed by atoms with van der Waals surface area (Å²) in [5, 5.41) is 17.6. The fourth-order valence-electron chi connectivity index (χ4n) is 2.44. The van der Waals surface area contributed by atoms with E-state index < -0.39 is 5.60 Å². The number of hydrogen-bond donors (Lipinski definition) is 2. The number of aryl methyl sites for hydroxylation is 2. The summed E-state index contributed by atoms with van der Waals surface area (Å²) >= 11 is 6.31. The monoisotopic (exact) mass is 325 g/mol. The Morgan fingerprint density at radius 1 is 1.55 bits per heavy atom. The van der Waals surface area contributed by atoms with Crippen LogP contribution in [0, 0.1) is 6.92 Å². The lowest BCUT2D eigenvalue weighted by Crippen LogP contribution is -2.47. The molecule has 0 radical (unpaired) electrons. The standard InChI is InChI=1S/C16H24ClN3O2/c1-3-4-10-20-15(17)13(12(2)19-20)6-7-14(21)18-11-16(22)8-5-9-16/h6-7,22H,3-5,8-11H2,1-2H3,(H,18,21)/b7-6+. The van der Waals surface area contributed by atoms with Gasteiger partial charge in [0, 0.05) is 24.7 Å². The maximum atomic E-state index is 11.8. The second kappa shape index (κ2) is 7.29. The second-order valence-corrected chi connectivity index (χ2v) is 6.35. The molecule has 0 atom stereocenters. The van der Waals surface area contributed by atoms with Gasteiger partial charge in [0.1, 0.15) is 5.15 Å². The molecule has 1 amide bonds. The number of amides is 1. The SMILES string of the molecule is CCCCn1nc(C)c(/C=C/C(=O)NCC2(O)CCC2)c1Cl. The average Bonchev–Trinajstić information content (AvgIpc) is 2.73. The molecule has 0 saturated heterocycles. The van der Waals surface area contributed by atoms with E-state index in [1.165, 1.54) is 6.08 Å². The molecule has 0 bridgehead atoms. The predicted octanol–water partition coefficient (Wildman–Crippen LogP) is 2.69. The number of aliphatic hydroxyl groups is 1. The van der Waals surface area contributed by atoms with Gasteiger partial charge in [0.15, 0.2) is 0 Å². The molecule has 1 fully saturated rings. The fourth-order valence-corrected chi connectivity index (χ4v) is 2.77. The lowest BCUT2D eigenvalue weighted by molar-refractivity contribution is -0.118. The minimum absolute atomic E-state index is 0.225. The summed E-state index contributed by atoms with van der Waals surface area (Å²) in [7, 11) is 0. The Morgan fingerprint density at radius 3 is 2.86 bits per heavy atom. The van der Waals surface area contributed by atoms with Gasteiger partial charge in [0.2, 0.25) is 5.91 Å². The van der Waals surface area contributed by atoms with Crippen LogP contribution in [-0.2, 0) is 11.3 Å². The number of carbonyl (C=O) groups excluding carboxylic acids is 1. The van der Waals surface area contributed by atoms with E-state index >= 15 is 0 Å². The zero-order valence-corrected chi connectivity index (χ0v) is 14.0. The number of rotatable bonds is 7. The molecule has 0 aromatic carbocycles. The first kappa shape index (κ1) is 17.0. The normalized spacial score (nSPS) is 16.7. The Bertz CT molecular complexity index is 562. The van der Waals surface area contributed by atoms with Crippen molar-refractivity contribution >= 4 is 23.6 Å². The second-order valence-electron chi connectivity index (χ2n) is 6.00. The molecule has 1 aromatic heterocycles. The van der Waals surface area contributed by atoms with Gasteiger partial charge in [-0.1, -0.05) is 24.9 Å². The van der Waals surface area contributed by atoms with Crippen LogP contribution in [0.2, 0.25) is 5.15 Å². The Balaban J connectivity index is 1.94. The molecular weight excluding hydrogens is 302 g/mol. The largest absolute Gasteiger partial charge is 0.388 e. The summed E-state index contributed by atoms with van der Waals surface area (Å²) < 4.78 is 1.77. The Labute approximate surface area is 136 Å². The van der Waals surface area contributed by atoms with Crippen molar-refractivity contribution in [1.82, 2.24) is 15.1 Å². The molecule has 1 saturated carbocycles. The molecule has 122 valence electrons. The van der Waals surface area contributed by atoms with Crippen molar-refractivity contribution in [2.75, 3.05) is 6.54 Å². The van der Waals surface area contributed by atoms with E-state index in [0.717, 1.165) is 49.9 Å². The van der Waals surface area contributed by atoms with Crippen LogP contribution in [0.3, 0.4) is 0 Å². The molecule has 0 unspecified atom stereocenters. The third-order valence-corrected chi connectivity index (χ3v) is 4.51. The van der Waals surface area contributed by atoms with Gasteiger partial charge in [-0.3, -0.25) is 9.48 Å². The molecule has 22 heavy (non-hydrogen) atoms. The van der Waals surface area contributed by atoms with Crippen LogP contribution in [0.4, 0.5) is 0 Å². The van der Waals surface area contributed by atoms with Crippen LogP contribution in [0.5, 0.6) is 0 Å². The lowest BCUT2D eigenvalue weighted by atomic mass is 9.80. The number of hydrogen-bond acceptors (Lipinski definition) is 3. The van der Waals surface area contributed by atoms with Crippen molar-refractivity contribution in [3.8, 4) is 0 Å². The molecule has 2 rings (SSSR count). The van der Waals surface area contributed by atoms with Crippen LogP contribution < -0.4 is 5.32 Å². The topological polar surface area (TPSA) is 67.2 Å². The first-order valence-electron chi connectivity index (χ1n) is 7.86. The van der Waals surface area contributed by atoms with Gasteiger partial charge in [0.25, 0.3) is 0 Å². The molecule has 1 heterocycles. The van der Waals surface area contributed by atoms with Crippen molar-refractivity contribution in [1.29, 1.82) is 0 Å². The highest BCUT2D eigenvalue weighted by atomic mass is 35.5. The van der Waals surface area contributed by atoms with Crippen molar-refractivity contribution in [3.05, 3.63) is 22.5 Å². The van der Waals surface area contributed by atoms with Crippen LogP contribution in [0.15, 0.2) is 6.08 Å². The number of nitrogens with zero attached hydrogens (tertiary/aromatic N) is 2. The smallest absolute Gasteiger partial charge is 0.244 e. The molecule has 0 spiro atoms. The summed E-state index contributed by atoms with van der Waals surface area (Å²) in [5.41, 5.74) is 0.875. The number of carbonyl (C=O) groups is 1. The molecule has 1 aliphatic carbocycles. The Morgan fingerprint density at radius 2 is 2.27 bits per heavy atom. The van der Waals surface area contributed by atoms with E-state index in [4.69, 9.17) is 11.6 Å². The van der Waals surface area contributed by atoms with E-state index in [2.05, 4.69) is 17.3 Å². The average molecular weight is 326 g/mol. The zero-order valence-electron chi connectivity index (χ0n) is 13.2. The molecule has 1 aromatic rings. The quantitative estimate of drug-likeness (QED) is 0.757. The van der Waals surface area contributed by atoms with E-state index in [1.807, 2.05) is 6.92 Å². The van der Waals surface area contributed by atoms with Gasteiger partial charge < -0.3 is 10.4 Å². The van der Waals surface area contributed by atoms with Gasteiger partial charge in [-0.05, 0) is 38.7 Å². The molecule has 6 heteroatoms. The first-order chi connectivity index (χ1) is 10.4. The van der Waals surface area contributed by atoms with Gasteiger partial charge >= 0.3 is 0 Å². The zero-order chi connectivity index (χ0) is 16.2. The molecule has 5 nitrogen and oxygen atoms in total. The Kier molecular flexibility index (Phi) is 5.64. The van der Waals surface area contributed by atoms with Crippen molar-refractivity contribution in [2.24, 2.45) is 0 Å². The summed E-state index contributed by atoms with van der Waals surface area (Å²) in [6.07, 6.45) is 7.76. The highest BCUT2D eigenvalue weighted by Gasteiger charge is 2.34. The predicted molar refractivity (Wildman–Crippen MR) is 87.7 cm³/mol. The number of nitrogens with one attached hydrogen (secondary N) is 1. The minimum atomic E-state index is -0.706. The minimum Gasteiger partial charge on any atom is -0.388 e. The highest BCUT2D eigenvalue weighted by molar-refractivity contribution is 6.31. The Hall–Kier alpha value is -1.33. The van der Waals surface area contributed by atoms with Crippen LogP contribution >= 0.6 is 11.6 Å². The maximum absolute atomic E-state index is 11.8. The molecule has 0 aliphatic heterocycles. The third kappa shape index (κ3) is 4.11. The highest BCUT2D eigenvalue weighted by Crippen LogP contribution is 2.30. The van der Waals surface area contributed by atoms with Gasteiger partial charge in [-0.2, -0.15) is 5.10 Å². The summed E-state index contributed by atoms with van der Waals surface area (Å²) in [4.78, 5) is 11.8. The van der Waals surface area contributed by atoms with Crippen LogP contribution in [-0.4, -0.2) is 32.9 Å². The number of unbranched alkanes of at least 4 members (excludes halogenated alkanes) is 1. The summed E-state index contributed by atoms with van der Waals surface area (Å²) in [6.45, 7) is 5.08. The van der Waals surface area contributed by atoms with Crippen molar-refractivity contribution in [3.63, 3.8) is 0 Å². The molecule has 1 aliphatic rings. The lowest BCUT2D eigenvalue weighted by Gasteiger charge is -2.36. The first-order valence-corrected chi connectivity index (χ1v) is 8.24. The van der Waals surface area contributed by atoms with Gasteiger partial charge in [-0.25, -0.2) is 0 Å². The summed E-state index contributed by atoms with van der Waals surface area (Å²) in [5.74, 6) is -0.225. The molecule has 2 N–H and O–H groups in total. The number of halogens is 1.